The second-order valence-corrected chi connectivity index (χ2v) is 8.22. The average molecular weight is 496 g/mol. The summed E-state index contributed by atoms with van der Waals surface area (Å²) in [4.78, 5) is 25.6. The number of carbonyl (C=O) groups is 1. The Morgan fingerprint density at radius 3 is 2.54 bits per heavy atom. The van der Waals surface area contributed by atoms with E-state index < -0.39 is 59.4 Å². The van der Waals surface area contributed by atoms with Gasteiger partial charge in [0.15, 0.2) is 6.10 Å². The number of aryl methyl sites for hydroxylation is 1. The summed E-state index contributed by atoms with van der Waals surface area (Å²) < 4.78 is 76.0. The fourth-order valence-electron chi connectivity index (χ4n) is 3.57. The summed E-state index contributed by atoms with van der Waals surface area (Å²) in [5, 5.41) is 6.40. The van der Waals surface area contributed by atoms with Crippen molar-refractivity contribution in [2.45, 2.75) is 38.2 Å². The minimum absolute atomic E-state index is 0.0385. The van der Waals surface area contributed by atoms with Crippen molar-refractivity contribution in [3.63, 3.8) is 0 Å². The molecule has 1 aliphatic carbocycles. The normalized spacial score (nSPS) is 14.3. The molecule has 1 fully saturated rings. The first kappa shape index (κ1) is 24.4. The zero-order valence-corrected chi connectivity index (χ0v) is 18.7. The summed E-state index contributed by atoms with van der Waals surface area (Å²) in [5.41, 5.74) is -1.64. The lowest BCUT2D eigenvalue weighted by atomic mass is 10.1. The van der Waals surface area contributed by atoms with Gasteiger partial charge in [0.05, 0.1) is 11.3 Å². The molecule has 1 aromatic heterocycles. The first-order valence-corrected chi connectivity index (χ1v) is 10.7. The lowest BCUT2D eigenvalue weighted by Gasteiger charge is -2.19. The molecule has 12 heteroatoms. The Kier molecular flexibility index (Phi) is 6.64. The van der Waals surface area contributed by atoms with Crippen LogP contribution in [0.15, 0.2) is 35.1 Å². The van der Waals surface area contributed by atoms with Crippen LogP contribution in [-0.2, 0) is 7.05 Å². The highest BCUT2D eigenvalue weighted by Crippen LogP contribution is 2.38. The van der Waals surface area contributed by atoms with Gasteiger partial charge in [-0.15, -0.1) is 5.10 Å². The molecule has 186 valence electrons. The van der Waals surface area contributed by atoms with E-state index in [1.165, 1.54) is 30.7 Å². The SMILES string of the molecule is Cc1cccc(F)c1NC(=O)c1cc(F)c(-n2nc(C3CC3)n(C)c2=O)cc1O[C@@H](CF)C(F)F. The number of halogens is 5. The van der Waals surface area contributed by atoms with E-state index in [2.05, 4.69) is 10.4 Å². The van der Waals surface area contributed by atoms with E-state index in [-0.39, 0.29) is 11.6 Å². The zero-order chi connectivity index (χ0) is 25.4. The number of alkyl halides is 3. The number of aromatic nitrogens is 3. The standard InChI is InChI=1S/C23H21F5N4O3/c1-11-4-3-5-14(25)19(11)29-22(33)13-8-15(26)16(9-17(13)35-18(10-24)20(27)28)32-23(34)31(2)21(30-32)12-6-7-12/h3-5,8-9,12,18,20H,6-7,10H2,1-2H3,(H,29,33)/t18-/m0/s1. The molecule has 3 aromatic rings. The summed E-state index contributed by atoms with van der Waals surface area (Å²) >= 11 is 0. The lowest BCUT2D eigenvalue weighted by molar-refractivity contribution is -0.00158. The molecule has 0 saturated heterocycles. The van der Waals surface area contributed by atoms with Crippen molar-refractivity contribution in [3.05, 3.63) is 69.4 Å². The number of anilines is 1. The first-order valence-electron chi connectivity index (χ1n) is 10.7. The van der Waals surface area contributed by atoms with Gasteiger partial charge >= 0.3 is 5.69 Å². The van der Waals surface area contributed by atoms with Crippen molar-refractivity contribution >= 4 is 11.6 Å². The number of ether oxygens (including phenoxy) is 1. The zero-order valence-electron chi connectivity index (χ0n) is 18.7. The van der Waals surface area contributed by atoms with E-state index in [1.807, 2.05) is 0 Å². The number of nitrogens with one attached hydrogen (secondary N) is 1. The third-order valence-corrected chi connectivity index (χ3v) is 5.65. The number of carbonyl (C=O) groups excluding carboxylic acids is 1. The third-order valence-electron chi connectivity index (χ3n) is 5.65. The van der Waals surface area contributed by atoms with E-state index >= 15 is 4.39 Å². The molecule has 0 radical (unpaired) electrons. The number of rotatable bonds is 8. The fraction of sp³-hybridized carbons (Fsp3) is 0.348. The van der Waals surface area contributed by atoms with Gasteiger partial charge in [-0.2, -0.15) is 4.68 Å². The number of hydrogen-bond donors (Lipinski definition) is 1. The van der Waals surface area contributed by atoms with Crippen LogP contribution in [0.1, 0.15) is 40.5 Å². The molecule has 7 nitrogen and oxygen atoms in total. The Labute approximate surface area is 196 Å². The van der Waals surface area contributed by atoms with Crippen molar-refractivity contribution in [2.75, 3.05) is 12.0 Å². The topological polar surface area (TPSA) is 78.2 Å². The predicted octanol–water partition coefficient (Wildman–Crippen LogP) is 4.27. The maximum absolute atomic E-state index is 15.1. The van der Waals surface area contributed by atoms with Gasteiger partial charge in [-0.05, 0) is 37.5 Å². The van der Waals surface area contributed by atoms with Gasteiger partial charge in [-0.1, -0.05) is 12.1 Å². The van der Waals surface area contributed by atoms with Crippen molar-refractivity contribution in [1.82, 2.24) is 14.3 Å². The largest absolute Gasteiger partial charge is 0.481 e. The molecule has 0 unspecified atom stereocenters. The minimum Gasteiger partial charge on any atom is -0.481 e. The average Bonchev–Trinajstić information content (AvgIpc) is 3.61. The highest BCUT2D eigenvalue weighted by Gasteiger charge is 2.32. The van der Waals surface area contributed by atoms with Crippen LogP contribution in [0.5, 0.6) is 5.75 Å². The highest BCUT2D eigenvalue weighted by molar-refractivity contribution is 6.06. The molecule has 2 aromatic carbocycles. The number of amides is 1. The van der Waals surface area contributed by atoms with Crippen molar-refractivity contribution in [3.8, 4) is 11.4 Å². The summed E-state index contributed by atoms with van der Waals surface area (Å²) in [5.74, 6) is -3.12. The van der Waals surface area contributed by atoms with Crippen molar-refractivity contribution < 1.29 is 31.5 Å². The Hall–Kier alpha value is -3.70. The van der Waals surface area contributed by atoms with Crippen LogP contribution in [0, 0.1) is 18.6 Å². The number of para-hydroxylation sites is 1. The van der Waals surface area contributed by atoms with Crippen LogP contribution in [0.25, 0.3) is 5.69 Å². The summed E-state index contributed by atoms with van der Waals surface area (Å²) in [6.07, 6.45) is -3.92. The van der Waals surface area contributed by atoms with E-state index in [0.717, 1.165) is 29.7 Å². The Balaban J connectivity index is 1.80. The van der Waals surface area contributed by atoms with Crippen LogP contribution in [0.2, 0.25) is 0 Å². The molecule has 1 heterocycles. The molecule has 0 bridgehead atoms. The van der Waals surface area contributed by atoms with Crippen LogP contribution in [0.3, 0.4) is 0 Å². The monoisotopic (exact) mass is 496 g/mol. The van der Waals surface area contributed by atoms with Crippen LogP contribution >= 0.6 is 0 Å². The first-order chi connectivity index (χ1) is 16.6. The molecule has 4 rings (SSSR count). The van der Waals surface area contributed by atoms with Gasteiger partial charge in [-0.3, -0.25) is 9.36 Å². The van der Waals surface area contributed by atoms with E-state index in [0.29, 0.717) is 17.5 Å². The molecule has 1 amide bonds. The fourth-order valence-corrected chi connectivity index (χ4v) is 3.57. The number of benzene rings is 2. The minimum atomic E-state index is -3.27. The quantitative estimate of drug-likeness (QED) is 0.473. The van der Waals surface area contributed by atoms with Gasteiger partial charge in [0.2, 0.25) is 0 Å². The molecular weight excluding hydrogens is 475 g/mol. The molecular formula is C23H21F5N4O3. The van der Waals surface area contributed by atoms with Crippen LogP contribution in [0.4, 0.5) is 27.6 Å². The smallest absolute Gasteiger partial charge is 0.350 e. The Bertz CT molecular complexity index is 1310. The van der Waals surface area contributed by atoms with Gasteiger partial charge in [-0.25, -0.2) is 26.7 Å². The molecule has 0 spiro atoms. The van der Waals surface area contributed by atoms with Crippen molar-refractivity contribution in [2.24, 2.45) is 7.05 Å². The molecule has 1 N–H and O–H groups in total. The highest BCUT2D eigenvalue weighted by atomic mass is 19.3. The molecule has 1 atom stereocenters. The lowest BCUT2D eigenvalue weighted by Crippen LogP contribution is -2.29. The number of hydrogen-bond acceptors (Lipinski definition) is 4. The van der Waals surface area contributed by atoms with Crippen molar-refractivity contribution in [1.29, 1.82) is 0 Å². The van der Waals surface area contributed by atoms with Crippen LogP contribution in [-0.4, -0.2) is 39.5 Å². The Morgan fingerprint density at radius 1 is 1.23 bits per heavy atom. The maximum atomic E-state index is 15.1. The molecule has 1 aliphatic rings. The maximum Gasteiger partial charge on any atom is 0.350 e. The van der Waals surface area contributed by atoms with Gasteiger partial charge < -0.3 is 10.1 Å². The van der Waals surface area contributed by atoms with Gasteiger partial charge in [0.25, 0.3) is 12.3 Å². The second kappa shape index (κ2) is 9.51. The summed E-state index contributed by atoms with van der Waals surface area (Å²) in [6.45, 7) is -0.0894. The van der Waals surface area contributed by atoms with E-state index in [1.54, 1.807) is 0 Å². The molecule has 1 saturated carbocycles. The molecule has 35 heavy (non-hydrogen) atoms. The van der Waals surface area contributed by atoms with E-state index in [9.17, 15) is 27.2 Å². The van der Waals surface area contributed by atoms with E-state index in [4.69, 9.17) is 4.74 Å². The molecule has 0 aliphatic heterocycles. The second-order valence-electron chi connectivity index (χ2n) is 8.22. The summed E-state index contributed by atoms with van der Waals surface area (Å²) in [6, 6.07) is 5.49. The summed E-state index contributed by atoms with van der Waals surface area (Å²) in [7, 11) is 1.46. The number of nitrogens with zero attached hydrogens (tertiary/aromatic N) is 3. The van der Waals surface area contributed by atoms with Gasteiger partial charge in [0, 0.05) is 19.0 Å². The van der Waals surface area contributed by atoms with Crippen LogP contribution < -0.4 is 15.7 Å². The Morgan fingerprint density at radius 2 is 1.94 bits per heavy atom. The third kappa shape index (κ3) is 4.77. The predicted molar refractivity (Wildman–Crippen MR) is 116 cm³/mol. The van der Waals surface area contributed by atoms with Gasteiger partial charge in [0.1, 0.15) is 35.6 Å².